The molecule has 0 amide bonds. The number of hydrogen-bond acceptors (Lipinski definition) is 5. The smallest absolute Gasteiger partial charge is 0.161 e. The Morgan fingerprint density at radius 3 is 2.77 bits per heavy atom. The van der Waals surface area contributed by atoms with Gasteiger partial charge in [0, 0.05) is 26.4 Å². The molecule has 122 valence electrons. The van der Waals surface area contributed by atoms with Crippen LogP contribution in [0.3, 0.4) is 0 Å². The lowest BCUT2D eigenvalue weighted by Crippen LogP contribution is -2.20. The van der Waals surface area contributed by atoms with Crippen molar-refractivity contribution in [1.82, 2.24) is 0 Å². The summed E-state index contributed by atoms with van der Waals surface area (Å²) in [6.45, 7) is 3.06. The van der Waals surface area contributed by atoms with Gasteiger partial charge >= 0.3 is 0 Å². The number of aliphatic imine (C=N–C) groups is 1. The van der Waals surface area contributed by atoms with Gasteiger partial charge in [-0.15, -0.1) is 0 Å². The lowest BCUT2D eigenvalue weighted by molar-refractivity contribution is 0.170. The van der Waals surface area contributed by atoms with Crippen LogP contribution < -0.4 is 9.47 Å². The molecule has 5 nitrogen and oxygen atoms in total. The van der Waals surface area contributed by atoms with Gasteiger partial charge in [-0.25, -0.2) is 0 Å². The zero-order valence-electron chi connectivity index (χ0n) is 13.5. The van der Waals surface area contributed by atoms with Gasteiger partial charge < -0.3 is 19.3 Å². The fourth-order valence-electron chi connectivity index (χ4n) is 2.60. The van der Waals surface area contributed by atoms with E-state index in [1.54, 1.807) is 21.1 Å². The van der Waals surface area contributed by atoms with Crippen LogP contribution in [-0.2, 0) is 11.2 Å². The Kier molecular flexibility index (Phi) is 6.21. The first-order valence-electron chi connectivity index (χ1n) is 7.68. The van der Waals surface area contributed by atoms with Crippen molar-refractivity contribution >= 4 is 6.21 Å². The van der Waals surface area contributed by atoms with Crippen molar-refractivity contribution in [3.63, 3.8) is 0 Å². The van der Waals surface area contributed by atoms with E-state index in [9.17, 15) is 5.11 Å². The van der Waals surface area contributed by atoms with Gasteiger partial charge in [0.15, 0.2) is 11.5 Å². The molecule has 0 fully saturated rings. The molecule has 1 aromatic carbocycles. The summed E-state index contributed by atoms with van der Waals surface area (Å²) < 4.78 is 16.2. The van der Waals surface area contributed by atoms with Crippen molar-refractivity contribution in [2.45, 2.75) is 38.3 Å². The highest BCUT2D eigenvalue weighted by molar-refractivity contribution is 5.84. The molecule has 2 atom stereocenters. The molecule has 0 saturated carbocycles. The predicted octanol–water partition coefficient (Wildman–Crippen LogP) is 2.23. The van der Waals surface area contributed by atoms with Crippen LogP contribution in [0.2, 0.25) is 0 Å². The van der Waals surface area contributed by atoms with Crippen LogP contribution in [0.1, 0.15) is 30.9 Å². The van der Waals surface area contributed by atoms with Gasteiger partial charge in [-0.2, -0.15) is 0 Å². The number of rotatable bonds is 8. The summed E-state index contributed by atoms with van der Waals surface area (Å²) in [7, 11) is 3.32. The van der Waals surface area contributed by atoms with E-state index in [0.717, 1.165) is 29.9 Å². The summed E-state index contributed by atoms with van der Waals surface area (Å²) in [5.41, 5.74) is 2.24. The minimum absolute atomic E-state index is 0.127. The first-order chi connectivity index (χ1) is 10.6. The van der Waals surface area contributed by atoms with Crippen LogP contribution >= 0.6 is 0 Å². The van der Waals surface area contributed by atoms with Crippen LogP contribution in [0.4, 0.5) is 0 Å². The van der Waals surface area contributed by atoms with E-state index in [-0.39, 0.29) is 12.1 Å². The molecule has 1 aliphatic rings. The molecule has 0 aromatic heterocycles. The van der Waals surface area contributed by atoms with Crippen LogP contribution in [0, 0.1) is 0 Å². The number of methoxy groups -OCH3 is 2. The molecule has 1 heterocycles. The first-order valence-corrected chi connectivity index (χ1v) is 7.68. The Morgan fingerprint density at radius 2 is 2.09 bits per heavy atom. The van der Waals surface area contributed by atoms with Crippen LogP contribution in [0.25, 0.3) is 0 Å². The Balaban J connectivity index is 2.11. The average Bonchev–Trinajstić information content (AvgIpc) is 2.50. The zero-order chi connectivity index (χ0) is 15.9. The summed E-state index contributed by atoms with van der Waals surface area (Å²) >= 11 is 0. The van der Waals surface area contributed by atoms with Crippen LogP contribution in [0.15, 0.2) is 17.1 Å². The number of fused-ring (bicyclic) bond motifs is 1. The maximum Gasteiger partial charge on any atom is 0.161 e. The number of ether oxygens (including phenoxy) is 3. The predicted molar refractivity (Wildman–Crippen MR) is 86.4 cm³/mol. The molecule has 0 spiro atoms. The Bertz CT molecular complexity index is 514. The van der Waals surface area contributed by atoms with Crippen molar-refractivity contribution in [3.05, 3.63) is 23.3 Å². The maximum atomic E-state index is 9.53. The molecule has 2 unspecified atom stereocenters. The lowest BCUT2D eigenvalue weighted by Gasteiger charge is -2.22. The van der Waals surface area contributed by atoms with Gasteiger partial charge in [0.2, 0.25) is 0 Å². The standard InChI is InChI=1S/C17H25NO4/c1-12(19)7-15-8-13-9-17(22-6-4-5-20-2)16(21-3)10-14(13)11-18-15/h9-12,15,19H,4-8H2,1-3H3. The molecule has 1 aromatic rings. The Hall–Kier alpha value is -1.59. The van der Waals surface area contributed by atoms with E-state index < -0.39 is 0 Å². The largest absolute Gasteiger partial charge is 0.493 e. The molecule has 0 bridgehead atoms. The number of benzene rings is 1. The minimum Gasteiger partial charge on any atom is -0.493 e. The lowest BCUT2D eigenvalue weighted by atomic mass is 9.94. The Labute approximate surface area is 131 Å². The molecular weight excluding hydrogens is 282 g/mol. The van der Waals surface area contributed by atoms with E-state index in [4.69, 9.17) is 14.2 Å². The fraction of sp³-hybridized carbons (Fsp3) is 0.588. The van der Waals surface area contributed by atoms with Crippen LogP contribution in [0.5, 0.6) is 11.5 Å². The van der Waals surface area contributed by atoms with E-state index >= 15 is 0 Å². The number of nitrogens with zero attached hydrogens (tertiary/aromatic N) is 1. The van der Waals surface area contributed by atoms with Crippen molar-refractivity contribution < 1.29 is 19.3 Å². The van der Waals surface area contributed by atoms with Gasteiger partial charge in [0.1, 0.15) is 0 Å². The highest BCUT2D eigenvalue weighted by Crippen LogP contribution is 2.33. The molecule has 0 radical (unpaired) electrons. The average molecular weight is 307 g/mol. The molecule has 5 heteroatoms. The molecule has 22 heavy (non-hydrogen) atoms. The highest BCUT2D eigenvalue weighted by Gasteiger charge is 2.19. The van der Waals surface area contributed by atoms with E-state index in [1.807, 2.05) is 18.3 Å². The van der Waals surface area contributed by atoms with Crippen molar-refractivity contribution in [1.29, 1.82) is 0 Å². The van der Waals surface area contributed by atoms with Gasteiger partial charge in [-0.3, -0.25) is 4.99 Å². The van der Waals surface area contributed by atoms with E-state index in [2.05, 4.69) is 4.99 Å². The van der Waals surface area contributed by atoms with Crippen molar-refractivity contribution in [2.75, 3.05) is 27.4 Å². The van der Waals surface area contributed by atoms with Gasteiger partial charge in [0.05, 0.1) is 25.9 Å². The second kappa shape index (κ2) is 8.15. The number of aliphatic hydroxyl groups excluding tert-OH is 1. The minimum atomic E-state index is -0.341. The molecule has 0 saturated heterocycles. The quantitative estimate of drug-likeness (QED) is 0.748. The third-order valence-corrected chi connectivity index (χ3v) is 3.67. The summed E-state index contributed by atoms with van der Waals surface area (Å²) in [5, 5.41) is 9.53. The molecule has 1 N–H and O–H groups in total. The molecule has 2 rings (SSSR count). The highest BCUT2D eigenvalue weighted by atomic mass is 16.5. The SMILES string of the molecule is COCCCOc1cc2c(cc1OC)C=NC(CC(C)O)C2. The molecular formula is C17H25NO4. The van der Waals surface area contributed by atoms with Crippen molar-refractivity contribution in [2.24, 2.45) is 4.99 Å². The van der Waals surface area contributed by atoms with Gasteiger partial charge in [-0.1, -0.05) is 0 Å². The van der Waals surface area contributed by atoms with Crippen LogP contribution in [-0.4, -0.2) is 50.9 Å². The first kappa shape index (κ1) is 16.8. The Morgan fingerprint density at radius 1 is 1.27 bits per heavy atom. The number of hydrogen-bond donors (Lipinski definition) is 1. The fourth-order valence-corrected chi connectivity index (χ4v) is 2.60. The van der Waals surface area contributed by atoms with Gasteiger partial charge in [0.25, 0.3) is 0 Å². The zero-order valence-corrected chi connectivity index (χ0v) is 13.5. The van der Waals surface area contributed by atoms with E-state index in [1.165, 1.54) is 5.56 Å². The van der Waals surface area contributed by atoms with E-state index in [0.29, 0.717) is 19.6 Å². The van der Waals surface area contributed by atoms with Gasteiger partial charge in [-0.05, 0) is 43.0 Å². The second-order valence-corrected chi connectivity index (χ2v) is 5.62. The van der Waals surface area contributed by atoms with Crippen molar-refractivity contribution in [3.8, 4) is 11.5 Å². The normalized spacial score (nSPS) is 17.9. The summed E-state index contributed by atoms with van der Waals surface area (Å²) in [6.07, 6.45) is 3.85. The summed E-state index contributed by atoms with van der Waals surface area (Å²) in [5.74, 6) is 1.47. The maximum absolute atomic E-state index is 9.53. The summed E-state index contributed by atoms with van der Waals surface area (Å²) in [4.78, 5) is 4.50. The molecule has 0 aliphatic carbocycles. The monoisotopic (exact) mass is 307 g/mol. The summed E-state index contributed by atoms with van der Waals surface area (Å²) in [6, 6.07) is 4.12. The topological polar surface area (TPSA) is 60.3 Å². The molecule has 1 aliphatic heterocycles. The third kappa shape index (κ3) is 4.45. The second-order valence-electron chi connectivity index (χ2n) is 5.62. The number of aliphatic hydroxyl groups is 1. The third-order valence-electron chi connectivity index (χ3n) is 3.67.